The second kappa shape index (κ2) is 7.86. The molecule has 1 aliphatic heterocycles. The predicted octanol–water partition coefficient (Wildman–Crippen LogP) is 2.54. The minimum Gasteiger partial charge on any atom is -0.465 e. The number of fused-ring (bicyclic) bond motifs is 1. The van der Waals surface area contributed by atoms with E-state index < -0.39 is 0 Å². The average Bonchev–Trinajstić information content (AvgIpc) is 3.31. The number of morpholine rings is 1. The maximum Gasteiger partial charge on any atom is 0.264 e. The van der Waals surface area contributed by atoms with E-state index in [1.165, 1.54) is 4.88 Å². The summed E-state index contributed by atoms with van der Waals surface area (Å²) in [6, 6.07) is 5.77. The van der Waals surface area contributed by atoms with Crippen molar-refractivity contribution >= 4 is 23.2 Å². The summed E-state index contributed by atoms with van der Waals surface area (Å²) in [5.74, 6) is 1.71. The van der Waals surface area contributed by atoms with Gasteiger partial charge in [-0.1, -0.05) is 0 Å². The molecule has 0 radical (unpaired) electrons. The zero-order valence-corrected chi connectivity index (χ0v) is 16.3. The van der Waals surface area contributed by atoms with E-state index in [9.17, 15) is 9.59 Å². The zero-order chi connectivity index (χ0) is 18.8. The number of rotatable bonds is 4. The smallest absolute Gasteiger partial charge is 0.264 e. The lowest BCUT2D eigenvalue weighted by atomic mass is 9.87. The molecule has 0 bridgehead atoms. The van der Waals surface area contributed by atoms with Gasteiger partial charge in [-0.15, -0.1) is 11.3 Å². The van der Waals surface area contributed by atoms with Crippen LogP contribution in [0.2, 0.25) is 0 Å². The number of carbonyl (C=O) groups is 2. The van der Waals surface area contributed by atoms with Crippen molar-refractivity contribution in [1.29, 1.82) is 0 Å². The minimum atomic E-state index is -0.0468. The molecule has 1 atom stereocenters. The maximum absolute atomic E-state index is 12.7. The largest absolute Gasteiger partial charge is 0.465 e. The number of carbonyl (C=O) groups excluding carboxylic acids is 2. The number of amides is 2. The van der Waals surface area contributed by atoms with Crippen molar-refractivity contribution in [3.63, 3.8) is 0 Å². The fourth-order valence-corrected chi connectivity index (χ4v) is 4.85. The monoisotopic (exact) mass is 388 g/mol. The van der Waals surface area contributed by atoms with Crippen molar-refractivity contribution in [2.45, 2.75) is 32.7 Å². The lowest BCUT2D eigenvalue weighted by molar-refractivity contribution is -0.125. The topological polar surface area (TPSA) is 71.8 Å². The van der Waals surface area contributed by atoms with Crippen molar-refractivity contribution in [3.05, 3.63) is 45.0 Å². The molecular formula is C20H24N2O4S. The number of aryl methyl sites for hydroxylation is 2. The summed E-state index contributed by atoms with van der Waals surface area (Å²) in [4.78, 5) is 29.1. The molecule has 0 aromatic carbocycles. The Morgan fingerprint density at radius 1 is 1.30 bits per heavy atom. The number of hydrogen-bond donors (Lipinski definition) is 1. The molecule has 6 nitrogen and oxygen atoms in total. The molecule has 2 aromatic heterocycles. The third kappa shape index (κ3) is 4.09. The first-order valence-electron chi connectivity index (χ1n) is 9.42. The van der Waals surface area contributed by atoms with Gasteiger partial charge in [-0.3, -0.25) is 9.59 Å². The van der Waals surface area contributed by atoms with E-state index in [0.717, 1.165) is 34.8 Å². The molecule has 1 aliphatic carbocycles. The molecule has 3 heterocycles. The van der Waals surface area contributed by atoms with E-state index in [1.807, 2.05) is 30.0 Å². The van der Waals surface area contributed by atoms with Crippen molar-refractivity contribution in [3.8, 4) is 0 Å². The Labute approximate surface area is 162 Å². The van der Waals surface area contributed by atoms with E-state index in [-0.39, 0.29) is 17.7 Å². The van der Waals surface area contributed by atoms with Crippen LogP contribution in [0.5, 0.6) is 0 Å². The minimum absolute atomic E-state index is 0.0468. The molecule has 0 unspecified atom stereocenters. The fourth-order valence-electron chi connectivity index (χ4n) is 3.67. The molecule has 0 spiro atoms. The van der Waals surface area contributed by atoms with Gasteiger partial charge < -0.3 is 19.4 Å². The van der Waals surface area contributed by atoms with Gasteiger partial charge in [0.05, 0.1) is 24.6 Å². The van der Waals surface area contributed by atoms with Crippen molar-refractivity contribution in [1.82, 2.24) is 10.2 Å². The summed E-state index contributed by atoms with van der Waals surface area (Å²) < 4.78 is 10.8. The quantitative estimate of drug-likeness (QED) is 0.874. The van der Waals surface area contributed by atoms with Gasteiger partial charge in [0.25, 0.3) is 5.91 Å². The number of nitrogens with one attached hydrogen (secondary N) is 1. The van der Waals surface area contributed by atoms with Gasteiger partial charge in [0.2, 0.25) is 5.91 Å². The number of thiophene rings is 1. The van der Waals surface area contributed by atoms with Crippen LogP contribution in [0, 0.1) is 12.8 Å². The fraction of sp³-hybridized carbons (Fsp3) is 0.500. The first-order chi connectivity index (χ1) is 13.1. The summed E-state index contributed by atoms with van der Waals surface area (Å²) in [5.41, 5.74) is 1.15. The standard InChI is InChI=1S/C20H24N2O4S/c1-13-2-4-16(26-13)12-21-19(23)14-3-5-17-15(10-14)11-18(27-17)20(24)22-6-8-25-9-7-22/h2,4,11,14H,3,5-10,12H2,1H3,(H,21,23)/t14-/m1/s1. The zero-order valence-electron chi connectivity index (χ0n) is 15.5. The molecule has 1 saturated heterocycles. The summed E-state index contributed by atoms with van der Waals surface area (Å²) in [6.45, 7) is 4.82. The molecule has 4 rings (SSSR count). The van der Waals surface area contributed by atoms with Crippen LogP contribution in [0.1, 0.15) is 38.1 Å². The molecule has 1 fully saturated rings. The Hall–Kier alpha value is -2.12. The SMILES string of the molecule is Cc1ccc(CNC(=O)[C@@H]2CCc3sc(C(=O)N4CCOCC4)cc3C2)o1. The lowest BCUT2D eigenvalue weighted by Gasteiger charge is -2.26. The summed E-state index contributed by atoms with van der Waals surface area (Å²) in [5, 5.41) is 2.98. The molecule has 1 N–H and O–H groups in total. The highest BCUT2D eigenvalue weighted by Gasteiger charge is 2.29. The third-order valence-electron chi connectivity index (χ3n) is 5.20. The Kier molecular flexibility index (Phi) is 5.31. The van der Waals surface area contributed by atoms with Crippen LogP contribution >= 0.6 is 11.3 Å². The van der Waals surface area contributed by atoms with Gasteiger partial charge in [-0.05, 0) is 49.9 Å². The van der Waals surface area contributed by atoms with Gasteiger partial charge >= 0.3 is 0 Å². The highest BCUT2D eigenvalue weighted by Crippen LogP contribution is 2.33. The van der Waals surface area contributed by atoms with Gasteiger partial charge in [0, 0.05) is 23.9 Å². The van der Waals surface area contributed by atoms with Crippen LogP contribution < -0.4 is 5.32 Å². The third-order valence-corrected chi connectivity index (χ3v) is 6.42. The van der Waals surface area contributed by atoms with Crippen LogP contribution in [0.3, 0.4) is 0 Å². The molecular weight excluding hydrogens is 364 g/mol. The summed E-state index contributed by atoms with van der Waals surface area (Å²) >= 11 is 1.59. The average molecular weight is 388 g/mol. The number of furan rings is 1. The first-order valence-corrected chi connectivity index (χ1v) is 10.2. The highest BCUT2D eigenvalue weighted by atomic mass is 32.1. The van der Waals surface area contributed by atoms with Crippen LogP contribution in [0.4, 0.5) is 0 Å². The second-order valence-electron chi connectivity index (χ2n) is 7.13. The van der Waals surface area contributed by atoms with Gasteiger partial charge in [0.1, 0.15) is 11.5 Å². The lowest BCUT2D eigenvalue weighted by Crippen LogP contribution is -2.40. The summed E-state index contributed by atoms with van der Waals surface area (Å²) in [7, 11) is 0. The van der Waals surface area contributed by atoms with Gasteiger partial charge in [-0.25, -0.2) is 0 Å². The number of hydrogen-bond acceptors (Lipinski definition) is 5. The Bertz CT molecular complexity index is 835. The molecule has 2 amide bonds. The molecule has 27 heavy (non-hydrogen) atoms. The number of ether oxygens (including phenoxy) is 1. The second-order valence-corrected chi connectivity index (χ2v) is 8.27. The summed E-state index contributed by atoms with van der Waals surface area (Å²) in [6.07, 6.45) is 2.38. The van der Waals surface area contributed by atoms with E-state index in [2.05, 4.69) is 5.32 Å². The first kappa shape index (κ1) is 18.3. The molecule has 2 aromatic rings. The van der Waals surface area contributed by atoms with Crippen molar-refractivity contribution < 1.29 is 18.7 Å². The van der Waals surface area contributed by atoms with Gasteiger partial charge in [0.15, 0.2) is 0 Å². The highest BCUT2D eigenvalue weighted by molar-refractivity contribution is 7.14. The van der Waals surface area contributed by atoms with Crippen molar-refractivity contribution in [2.75, 3.05) is 26.3 Å². The Balaban J connectivity index is 1.37. The predicted molar refractivity (Wildman–Crippen MR) is 102 cm³/mol. The van der Waals surface area contributed by atoms with Crippen LogP contribution in [-0.4, -0.2) is 43.0 Å². The number of nitrogens with zero attached hydrogens (tertiary/aromatic N) is 1. The van der Waals surface area contributed by atoms with Crippen LogP contribution in [-0.2, 0) is 28.9 Å². The maximum atomic E-state index is 12.7. The molecule has 0 saturated carbocycles. The van der Waals surface area contributed by atoms with Crippen LogP contribution in [0.15, 0.2) is 22.6 Å². The normalized spacial score (nSPS) is 19.6. The Morgan fingerprint density at radius 2 is 2.11 bits per heavy atom. The molecule has 7 heteroatoms. The van der Waals surface area contributed by atoms with E-state index in [0.29, 0.717) is 39.3 Å². The van der Waals surface area contributed by atoms with E-state index in [1.54, 1.807) is 11.3 Å². The van der Waals surface area contributed by atoms with E-state index in [4.69, 9.17) is 9.15 Å². The van der Waals surface area contributed by atoms with Gasteiger partial charge in [-0.2, -0.15) is 0 Å². The van der Waals surface area contributed by atoms with Crippen LogP contribution in [0.25, 0.3) is 0 Å². The Morgan fingerprint density at radius 3 is 2.85 bits per heavy atom. The van der Waals surface area contributed by atoms with Crippen molar-refractivity contribution in [2.24, 2.45) is 5.92 Å². The molecule has 2 aliphatic rings. The van der Waals surface area contributed by atoms with E-state index >= 15 is 0 Å². The molecule has 144 valence electrons.